The van der Waals surface area contributed by atoms with Gasteiger partial charge in [0.2, 0.25) is 0 Å². The molecule has 1 N–H and O–H groups in total. The van der Waals surface area contributed by atoms with Crippen molar-refractivity contribution < 1.29 is 14.3 Å². The minimum atomic E-state index is -0.867. The lowest BCUT2D eigenvalue weighted by Gasteiger charge is -2.32. The van der Waals surface area contributed by atoms with Crippen LogP contribution in [0.4, 0.5) is 4.39 Å². The Balaban J connectivity index is 2.10. The fraction of sp³-hybridized carbons (Fsp3) is 0.278. The van der Waals surface area contributed by atoms with Crippen molar-refractivity contribution in [3.63, 3.8) is 0 Å². The van der Waals surface area contributed by atoms with E-state index >= 15 is 0 Å². The Morgan fingerprint density at radius 3 is 2.58 bits per heavy atom. The second-order valence-corrected chi connectivity index (χ2v) is 6.68. The molecule has 126 valence electrons. The minimum Gasteiger partial charge on any atom is -0.480 e. The van der Waals surface area contributed by atoms with Crippen molar-refractivity contribution in [1.82, 2.24) is 4.90 Å². The summed E-state index contributed by atoms with van der Waals surface area (Å²) in [6.07, 6.45) is 1.35. The minimum absolute atomic E-state index is 0.358. The van der Waals surface area contributed by atoms with Crippen LogP contribution in [0.15, 0.2) is 42.5 Å². The van der Waals surface area contributed by atoms with Gasteiger partial charge in [0, 0.05) is 6.54 Å². The van der Waals surface area contributed by atoms with Gasteiger partial charge >= 0.3 is 5.97 Å². The Morgan fingerprint density at radius 1 is 1.17 bits per heavy atom. The Kier molecular flexibility index (Phi) is 5.09. The van der Waals surface area contributed by atoms with E-state index in [2.05, 4.69) is 0 Å². The molecule has 0 saturated carbocycles. The Bertz CT molecular complexity index is 768. The van der Waals surface area contributed by atoms with Gasteiger partial charge in [-0.15, -0.1) is 0 Å². The van der Waals surface area contributed by atoms with E-state index in [1.54, 1.807) is 30.3 Å². The van der Waals surface area contributed by atoms with Gasteiger partial charge in [0.1, 0.15) is 11.9 Å². The van der Waals surface area contributed by atoms with Crippen LogP contribution in [0, 0.1) is 5.82 Å². The standard InChI is InChI=1S/C18H16Cl2FNO2/c19-14-7-6-12(10-15(14)20)17(11-3-1-4-13(21)9-11)22-8-2-5-16(22)18(23)24/h1,3-4,6-7,9-10,16-17H,2,5,8H2,(H,23,24). The average molecular weight is 368 g/mol. The van der Waals surface area contributed by atoms with Crippen molar-refractivity contribution in [3.8, 4) is 0 Å². The predicted octanol–water partition coefficient (Wildman–Crippen LogP) is 4.77. The number of carboxylic acid groups (broad SMARTS) is 1. The number of aliphatic carboxylic acids is 1. The van der Waals surface area contributed by atoms with E-state index in [1.165, 1.54) is 12.1 Å². The maximum absolute atomic E-state index is 13.7. The number of halogens is 3. The van der Waals surface area contributed by atoms with E-state index in [0.717, 1.165) is 12.0 Å². The summed E-state index contributed by atoms with van der Waals surface area (Å²) < 4.78 is 13.7. The number of carboxylic acids is 1. The quantitative estimate of drug-likeness (QED) is 0.845. The molecule has 1 fully saturated rings. The predicted molar refractivity (Wildman–Crippen MR) is 92.1 cm³/mol. The van der Waals surface area contributed by atoms with E-state index < -0.39 is 12.0 Å². The zero-order valence-corrected chi connectivity index (χ0v) is 14.3. The van der Waals surface area contributed by atoms with Gasteiger partial charge in [-0.1, -0.05) is 41.4 Å². The molecule has 0 radical (unpaired) electrons. The van der Waals surface area contributed by atoms with Crippen LogP contribution < -0.4 is 0 Å². The van der Waals surface area contributed by atoms with Crippen molar-refractivity contribution >= 4 is 29.2 Å². The zero-order valence-electron chi connectivity index (χ0n) is 12.8. The van der Waals surface area contributed by atoms with Gasteiger partial charge < -0.3 is 5.11 Å². The van der Waals surface area contributed by atoms with Gasteiger partial charge in [-0.3, -0.25) is 9.69 Å². The lowest BCUT2D eigenvalue weighted by atomic mass is 9.96. The van der Waals surface area contributed by atoms with Crippen molar-refractivity contribution in [1.29, 1.82) is 0 Å². The van der Waals surface area contributed by atoms with E-state index in [4.69, 9.17) is 23.2 Å². The third-order valence-corrected chi connectivity index (χ3v) is 5.07. The smallest absolute Gasteiger partial charge is 0.320 e. The first-order valence-corrected chi connectivity index (χ1v) is 8.42. The van der Waals surface area contributed by atoms with E-state index in [9.17, 15) is 14.3 Å². The van der Waals surface area contributed by atoms with Crippen molar-refractivity contribution in [2.75, 3.05) is 6.54 Å². The van der Waals surface area contributed by atoms with Crippen LogP contribution >= 0.6 is 23.2 Å². The van der Waals surface area contributed by atoms with Crippen LogP contribution in [0.3, 0.4) is 0 Å². The van der Waals surface area contributed by atoms with Crippen molar-refractivity contribution in [3.05, 3.63) is 69.5 Å². The SMILES string of the molecule is O=C(O)C1CCCN1C(c1cccc(F)c1)c1ccc(Cl)c(Cl)c1. The van der Waals surface area contributed by atoms with Crippen LogP contribution in [0.25, 0.3) is 0 Å². The summed E-state index contributed by atoms with van der Waals surface area (Å²) in [7, 11) is 0. The number of hydrogen-bond acceptors (Lipinski definition) is 2. The lowest BCUT2D eigenvalue weighted by molar-refractivity contribution is -0.142. The molecule has 2 unspecified atom stereocenters. The number of benzene rings is 2. The molecule has 24 heavy (non-hydrogen) atoms. The second-order valence-electron chi connectivity index (χ2n) is 5.87. The molecule has 3 rings (SSSR count). The summed E-state index contributed by atoms with van der Waals surface area (Å²) >= 11 is 12.1. The van der Waals surface area contributed by atoms with Gasteiger partial charge in [-0.05, 0) is 48.2 Å². The number of rotatable bonds is 4. The Morgan fingerprint density at radius 2 is 1.92 bits per heavy atom. The number of likely N-dealkylation sites (tertiary alicyclic amines) is 1. The Labute approximate surface area is 149 Å². The van der Waals surface area contributed by atoms with Gasteiger partial charge in [0.15, 0.2) is 0 Å². The van der Waals surface area contributed by atoms with Gasteiger partial charge in [0.25, 0.3) is 0 Å². The van der Waals surface area contributed by atoms with E-state index in [0.29, 0.717) is 28.6 Å². The molecule has 6 heteroatoms. The molecule has 1 aliphatic heterocycles. The first kappa shape index (κ1) is 17.2. The summed E-state index contributed by atoms with van der Waals surface area (Å²) in [5, 5.41) is 10.3. The molecule has 0 spiro atoms. The molecule has 2 atom stereocenters. The van der Waals surface area contributed by atoms with Gasteiger partial charge in [-0.2, -0.15) is 0 Å². The molecule has 1 heterocycles. The highest BCUT2D eigenvalue weighted by Gasteiger charge is 2.37. The molecule has 0 bridgehead atoms. The molecule has 1 saturated heterocycles. The molecule has 0 amide bonds. The van der Waals surface area contributed by atoms with Gasteiger partial charge in [0.05, 0.1) is 16.1 Å². The van der Waals surface area contributed by atoms with Gasteiger partial charge in [-0.25, -0.2) is 4.39 Å². The van der Waals surface area contributed by atoms with E-state index in [1.807, 2.05) is 4.90 Å². The molecule has 3 nitrogen and oxygen atoms in total. The largest absolute Gasteiger partial charge is 0.480 e. The highest BCUT2D eigenvalue weighted by Crippen LogP contribution is 2.37. The molecule has 0 aromatic heterocycles. The monoisotopic (exact) mass is 367 g/mol. The zero-order chi connectivity index (χ0) is 17.3. The van der Waals surface area contributed by atoms with Crippen molar-refractivity contribution in [2.45, 2.75) is 24.9 Å². The average Bonchev–Trinajstić information content (AvgIpc) is 3.01. The molecular weight excluding hydrogens is 352 g/mol. The van der Waals surface area contributed by atoms with Crippen LogP contribution in [0.2, 0.25) is 10.0 Å². The number of nitrogens with zero attached hydrogens (tertiary/aromatic N) is 1. The van der Waals surface area contributed by atoms with Crippen LogP contribution in [-0.4, -0.2) is 28.6 Å². The van der Waals surface area contributed by atoms with E-state index in [-0.39, 0.29) is 11.9 Å². The van der Waals surface area contributed by atoms with Crippen LogP contribution in [0.1, 0.15) is 30.0 Å². The number of carbonyl (C=O) groups is 1. The second kappa shape index (κ2) is 7.09. The highest BCUT2D eigenvalue weighted by molar-refractivity contribution is 6.42. The third-order valence-electron chi connectivity index (χ3n) is 4.33. The van der Waals surface area contributed by atoms with Crippen LogP contribution in [0.5, 0.6) is 0 Å². The topological polar surface area (TPSA) is 40.5 Å². The third kappa shape index (κ3) is 3.41. The maximum atomic E-state index is 13.7. The lowest BCUT2D eigenvalue weighted by Crippen LogP contribution is -2.39. The first-order chi connectivity index (χ1) is 11.5. The fourth-order valence-electron chi connectivity index (χ4n) is 3.30. The maximum Gasteiger partial charge on any atom is 0.320 e. The highest BCUT2D eigenvalue weighted by atomic mass is 35.5. The summed E-state index contributed by atoms with van der Waals surface area (Å²) in [5.74, 6) is -1.22. The summed E-state index contributed by atoms with van der Waals surface area (Å²) in [5.41, 5.74) is 1.49. The molecular formula is C18H16Cl2FNO2. The molecule has 2 aromatic carbocycles. The summed E-state index contributed by atoms with van der Waals surface area (Å²) in [6.45, 7) is 0.623. The van der Waals surface area contributed by atoms with Crippen LogP contribution in [-0.2, 0) is 4.79 Å². The number of hydrogen-bond donors (Lipinski definition) is 1. The molecule has 0 aliphatic carbocycles. The first-order valence-electron chi connectivity index (χ1n) is 7.66. The Hall–Kier alpha value is -1.62. The molecule has 1 aliphatic rings. The normalized spacial score (nSPS) is 19.4. The fourth-order valence-corrected chi connectivity index (χ4v) is 3.60. The molecule has 2 aromatic rings. The summed E-state index contributed by atoms with van der Waals surface area (Å²) in [6, 6.07) is 10.4. The summed E-state index contributed by atoms with van der Waals surface area (Å²) in [4.78, 5) is 13.5. The van der Waals surface area contributed by atoms with Crippen molar-refractivity contribution in [2.24, 2.45) is 0 Å².